The van der Waals surface area contributed by atoms with Crippen LogP contribution in [0, 0.1) is 5.92 Å². The van der Waals surface area contributed by atoms with Crippen molar-refractivity contribution in [1.29, 1.82) is 0 Å². The molecule has 3 nitrogen and oxygen atoms in total. The number of hydrogen-bond donors (Lipinski definition) is 2. The molecule has 1 aliphatic heterocycles. The van der Waals surface area contributed by atoms with E-state index in [-0.39, 0.29) is 18.0 Å². The van der Waals surface area contributed by atoms with Crippen LogP contribution in [0.5, 0.6) is 0 Å². The zero-order valence-corrected chi connectivity index (χ0v) is 9.17. The number of carbonyl (C=O) groups is 1. The summed E-state index contributed by atoms with van der Waals surface area (Å²) >= 11 is 4.76. The summed E-state index contributed by atoms with van der Waals surface area (Å²) in [6.45, 7) is 0. The zero-order chi connectivity index (χ0) is 12.0. The summed E-state index contributed by atoms with van der Waals surface area (Å²) in [7, 11) is 0. The summed E-state index contributed by atoms with van der Waals surface area (Å²) in [6.07, 6.45) is -3.58. The van der Waals surface area contributed by atoms with Gasteiger partial charge in [0.25, 0.3) is 5.91 Å². The van der Waals surface area contributed by atoms with Gasteiger partial charge in [0.1, 0.15) is 5.54 Å². The molecule has 1 aliphatic carbocycles. The third kappa shape index (κ3) is 1.88. The number of halogens is 3. The van der Waals surface area contributed by atoms with Crippen molar-refractivity contribution in [3.8, 4) is 0 Å². The standard InChI is InChI=1S/C9H11F3N2OS/c10-9(11,12)5-2-1-3-8(4-5)6(15)13-7(16)14-8/h5H,1-4H2,(H2,13,14,15,16). The maximum atomic E-state index is 12.6. The fraction of sp³-hybridized carbons (Fsp3) is 0.778. The number of alkyl halides is 3. The van der Waals surface area contributed by atoms with E-state index in [2.05, 4.69) is 10.6 Å². The number of nitrogens with one attached hydrogen (secondary N) is 2. The Bertz CT molecular complexity index is 344. The molecule has 16 heavy (non-hydrogen) atoms. The molecular formula is C9H11F3N2OS. The minimum Gasteiger partial charge on any atom is -0.348 e. The van der Waals surface area contributed by atoms with Crippen LogP contribution in [0.15, 0.2) is 0 Å². The van der Waals surface area contributed by atoms with Crippen LogP contribution >= 0.6 is 12.2 Å². The highest BCUT2D eigenvalue weighted by atomic mass is 32.1. The van der Waals surface area contributed by atoms with Gasteiger partial charge >= 0.3 is 6.18 Å². The summed E-state index contributed by atoms with van der Waals surface area (Å²) in [5.41, 5.74) is -1.13. The molecule has 90 valence electrons. The Labute approximate surface area is 95.8 Å². The molecule has 2 rings (SSSR count). The van der Waals surface area contributed by atoms with E-state index in [0.717, 1.165) is 0 Å². The van der Waals surface area contributed by atoms with E-state index in [1.165, 1.54) is 0 Å². The van der Waals surface area contributed by atoms with Crippen LogP contribution in [0.3, 0.4) is 0 Å². The lowest BCUT2D eigenvalue weighted by molar-refractivity contribution is -0.187. The van der Waals surface area contributed by atoms with Crippen molar-refractivity contribution < 1.29 is 18.0 Å². The first-order chi connectivity index (χ1) is 7.33. The average Bonchev–Trinajstić information content (AvgIpc) is 2.40. The molecule has 1 heterocycles. The van der Waals surface area contributed by atoms with Crippen LogP contribution in [0.2, 0.25) is 0 Å². The van der Waals surface area contributed by atoms with Crippen molar-refractivity contribution in [2.75, 3.05) is 0 Å². The van der Waals surface area contributed by atoms with Crippen molar-refractivity contribution in [3.05, 3.63) is 0 Å². The van der Waals surface area contributed by atoms with Gasteiger partial charge in [0.2, 0.25) is 0 Å². The number of carbonyl (C=O) groups excluding carboxylic acids is 1. The van der Waals surface area contributed by atoms with Gasteiger partial charge in [-0.05, 0) is 37.9 Å². The molecule has 2 atom stereocenters. The monoisotopic (exact) mass is 252 g/mol. The van der Waals surface area contributed by atoms with E-state index in [4.69, 9.17) is 12.2 Å². The molecule has 1 spiro atoms. The van der Waals surface area contributed by atoms with Gasteiger partial charge in [-0.1, -0.05) is 0 Å². The van der Waals surface area contributed by atoms with Gasteiger partial charge in [-0.25, -0.2) is 0 Å². The highest BCUT2D eigenvalue weighted by Crippen LogP contribution is 2.42. The van der Waals surface area contributed by atoms with Gasteiger partial charge < -0.3 is 10.6 Å². The SMILES string of the molecule is O=C1NC(=S)NC12CCCC(C(F)(F)F)C2. The molecule has 2 fully saturated rings. The van der Waals surface area contributed by atoms with Gasteiger partial charge in [0.05, 0.1) is 5.92 Å². The molecule has 0 bridgehead atoms. The second-order valence-electron chi connectivity index (χ2n) is 4.33. The minimum atomic E-state index is -4.24. The number of hydrogen-bond acceptors (Lipinski definition) is 2. The average molecular weight is 252 g/mol. The van der Waals surface area contributed by atoms with E-state index >= 15 is 0 Å². The molecular weight excluding hydrogens is 241 g/mol. The second-order valence-corrected chi connectivity index (χ2v) is 4.73. The summed E-state index contributed by atoms with van der Waals surface area (Å²) in [6, 6.07) is 0. The lowest BCUT2D eigenvalue weighted by Gasteiger charge is -2.36. The van der Waals surface area contributed by atoms with Gasteiger partial charge in [-0.15, -0.1) is 0 Å². The molecule has 0 aromatic heterocycles. The Morgan fingerprint density at radius 1 is 1.44 bits per heavy atom. The van der Waals surface area contributed by atoms with E-state index in [9.17, 15) is 18.0 Å². The molecule has 0 aromatic carbocycles. The number of thiocarbonyl (C=S) groups is 1. The Morgan fingerprint density at radius 3 is 2.62 bits per heavy atom. The van der Waals surface area contributed by atoms with Crippen molar-refractivity contribution in [3.63, 3.8) is 0 Å². The Hall–Kier alpha value is -0.850. The fourth-order valence-electron chi connectivity index (χ4n) is 2.40. The van der Waals surface area contributed by atoms with Crippen molar-refractivity contribution in [2.45, 2.75) is 37.4 Å². The highest BCUT2D eigenvalue weighted by molar-refractivity contribution is 7.80. The smallest absolute Gasteiger partial charge is 0.348 e. The summed E-state index contributed by atoms with van der Waals surface area (Å²) < 4.78 is 37.8. The van der Waals surface area contributed by atoms with Crippen molar-refractivity contribution in [1.82, 2.24) is 10.6 Å². The lowest BCUT2D eigenvalue weighted by atomic mass is 9.75. The molecule has 1 amide bonds. The summed E-state index contributed by atoms with van der Waals surface area (Å²) in [5.74, 6) is -1.84. The first kappa shape index (κ1) is 11.6. The third-order valence-corrected chi connectivity index (χ3v) is 3.43. The van der Waals surface area contributed by atoms with Crippen LogP contribution in [-0.2, 0) is 4.79 Å². The molecule has 7 heteroatoms. The van der Waals surface area contributed by atoms with Crippen LogP contribution in [-0.4, -0.2) is 22.7 Å². The molecule has 1 saturated carbocycles. The minimum absolute atomic E-state index is 0.0902. The van der Waals surface area contributed by atoms with E-state index < -0.39 is 23.5 Å². The van der Waals surface area contributed by atoms with Gasteiger partial charge in [0, 0.05) is 0 Å². The highest BCUT2D eigenvalue weighted by Gasteiger charge is 2.53. The molecule has 1 saturated heterocycles. The number of amides is 1. The van der Waals surface area contributed by atoms with Crippen LogP contribution in [0.1, 0.15) is 25.7 Å². The van der Waals surface area contributed by atoms with Crippen LogP contribution < -0.4 is 10.6 Å². The third-order valence-electron chi connectivity index (χ3n) is 3.23. The summed E-state index contributed by atoms with van der Waals surface area (Å²) in [4.78, 5) is 11.6. The molecule has 2 unspecified atom stereocenters. The fourth-order valence-corrected chi connectivity index (χ4v) is 2.69. The first-order valence-electron chi connectivity index (χ1n) is 5.04. The van der Waals surface area contributed by atoms with Gasteiger partial charge in [-0.2, -0.15) is 13.2 Å². The topological polar surface area (TPSA) is 41.1 Å². The molecule has 2 aliphatic rings. The summed E-state index contributed by atoms with van der Waals surface area (Å²) in [5, 5.41) is 5.19. The predicted octanol–water partition coefficient (Wildman–Crippen LogP) is 1.48. The Morgan fingerprint density at radius 2 is 2.12 bits per heavy atom. The van der Waals surface area contributed by atoms with Crippen molar-refractivity contribution >= 4 is 23.2 Å². The van der Waals surface area contributed by atoms with Crippen LogP contribution in [0.4, 0.5) is 13.2 Å². The second kappa shape index (κ2) is 3.58. The Kier molecular flexibility index (Phi) is 2.60. The van der Waals surface area contributed by atoms with E-state index in [0.29, 0.717) is 12.8 Å². The molecule has 0 radical (unpaired) electrons. The maximum absolute atomic E-state index is 12.6. The first-order valence-corrected chi connectivity index (χ1v) is 5.45. The van der Waals surface area contributed by atoms with Crippen LogP contribution in [0.25, 0.3) is 0 Å². The largest absolute Gasteiger partial charge is 0.391 e. The van der Waals surface area contributed by atoms with Gasteiger partial charge in [-0.3, -0.25) is 4.79 Å². The van der Waals surface area contributed by atoms with Crippen molar-refractivity contribution in [2.24, 2.45) is 5.92 Å². The maximum Gasteiger partial charge on any atom is 0.391 e. The number of rotatable bonds is 0. The Balaban J connectivity index is 2.18. The molecule has 2 N–H and O–H groups in total. The van der Waals surface area contributed by atoms with E-state index in [1.807, 2.05) is 0 Å². The molecule has 0 aromatic rings. The predicted molar refractivity (Wildman–Crippen MR) is 54.6 cm³/mol. The normalized spacial score (nSPS) is 35.1. The zero-order valence-electron chi connectivity index (χ0n) is 8.36. The van der Waals surface area contributed by atoms with E-state index in [1.54, 1.807) is 0 Å². The quantitative estimate of drug-likeness (QED) is 0.642. The lowest BCUT2D eigenvalue weighted by Crippen LogP contribution is -2.52. The van der Waals surface area contributed by atoms with Gasteiger partial charge in [0.15, 0.2) is 5.11 Å².